The Morgan fingerprint density at radius 1 is 0.109 bits per heavy atom. The van der Waals surface area contributed by atoms with E-state index in [1.54, 1.807) is 0 Å². The van der Waals surface area contributed by atoms with Gasteiger partial charge in [-0.3, -0.25) is 0 Å². The van der Waals surface area contributed by atoms with Gasteiger partial charge in [0.15, 0.2) is 52.4 Å². The third-order valence-electron chi connectivity index (χ3n) is 23.6. The Bertz CT molecular complexity index is 7990. The molecule has 0 atom stereocenters. The lowest BCUT2D eigenvalue weighted by atomic mass is 10.0. The highest BCUT2D eigenvalue weighted by Gasteiger charge is 2.22. The summed E-state index contributed by atoms with van der Waals surface area (Å²) in [7, 11) is 0. The molecule has 0 radical (unpaired) electrons. The van der Waals surface area contributed by atoms with Crippen molar-refractivity contribution < 1.29 is 0 Å². The summed E-state index contributed by atoms with van der Waals surface area (Å²) in [5.41, 5.74) is 25.8. The van der Waals surface area contributed by atoms with Crippen LogP contribution in [-0.2, 0) is 0 Å². The zero-order chi connectivity index (χ0) is 85.8. The van der Waals surface area contributed by atoms with Gasteiger partial charge in [-0.25, -0.2) is 44.9 Å². The maximum Gasteiger partial charge on any atom is 0.164 e. The van der Waals surface area contributed by atoms with Gasteiger partial charge in [0.05, 0.1) is 33.1 Å². The van der Waals surface area contributed by atoms with Crippen LogP contribution in [0.5, 0.6) is 0 Å². The van der Waals surface area contributed by atoms with Crippen molar-refractivity contribution in [2.45, 2.75) is 0 Å². The summed E-state index contributed by atoms with van der Waals surface area (Å²) in [4.78, 5) is 44.4. The predicted molar refractivity (Wildman–Crippen MR) is 528 cm³/mol. The van der Waals surface area contributed by atoms with Crippen molar-refractivity contribution >= 4 is 65.4 Å². The van der Waals surface area contributed by atoms with E-state index < -0.39 is 0 Å². The van der Waals surface area contributed by atoms with Gasteiger partial charge in [-0.05, 0) is 130 Å². The molecule has 18 aromatic carbocycles. The zero-order valence-electron chi connectivity index (χ0n) is 69.9. The molecular weight excluding hydrogens is 1570 g/mol. The van der Waals surface area contributed by atoms with Crippen LogP contribution in [0.15, 0.2) is 473 Å². The fraction of sp³-hybridized carbons (Fsp3) is 0. The molecule has 0 aliphatic carbocycles. The van der Waals surface area contributed by atoms with E-state index in [0.717, 1.165) is 89.3 Å². The minimum absolute atomic E-state index is 0.628. The van der Waals surface area contributed by atoms with Gasteiger partial charge in [0.2, 0.25) is 0 Å². The normalized spacial score (nSPS) is 11.3. The van der Waals surface area contributed by atoms with E-state index in [1.165, 1.54) is 76.6 Å². The summed E-state index contributed by atoms with van der Waals surface area (Å²) in [6.07, 6.45) is 0. The minimum Gasteiger partial charge on any atom is -0.309 e. The number of rotatable bonds is 15. The van der Waals surface area contributed by atoms with Crippen molar-refractivity contribution in [3.8, 4) is 153 Å². The van der Waals surface area contributed by atoms with Gasteiger partial charge < -0.3 is 13.7 Å². The molecule has 0 saturated heterocycles. The molecule has 12 heteroatoms. The van der Waals surface area contributed by atoms with E-state index in [-0.39, 0.29) is 0 Å². The first-order chi connectivity index (χ1) is 63.9. The second kappa shape index (κ2) is 34.6. The van der Waals surface area contributed by atoms with Gasteiger partial charge >= 0.3 is 0 Å². The number of benzene rings is 18. The Hall–Kier alpha value is -17.6. The molecule has 0 fully saturated rings. The molecule has 0 spiro atoms. The molecule has 24 aromatic rings. The molecule has 6 aromatic heterocycles. The molecule has 0 amide bonds. The average Bonchev–Trinajstić information content (AvgIpc) is 1.58. The third-order valence-corrected chi connectivity index (χ3v) is 23.6. The van der Waals surface area contributed by atoms with Gasteiger partial charge in [0.25, 0.3) is 0 Å². The van der Waals surface area contributed by atoms with Crippen molar-refractivity contribution in [3.63, 3.8) is 0 Å². The molecule has 0 aliphatic heterocycles. The molecule has 0 N–H and O–H groups in total. The molecular formula is C117H78N12. The fourth-order valence-corrected chi connectivity index (χ4v) is 17.3. The standard InChI is InChI=1S/C45H30N4.C39H26N4.C33H22N4/c1-4-13-31(14-5-1)33-23-25-35(26-24-33)44-46-43(34-17-8-3-9-18-34)47-45(48-44)37-19-12-20-38(29-37)49-41-22-11-10-21-39(41)40-28-27-36(30-42(40)49)32-15-6-2-7-16-32;1-3-11-27(12-4-1)28-19-21-30(22-20-28)38-40-37(29-13-5-2-6-14-29)41-39(42-38)31-23-25-32(26-24-31)43-35-17-9-7-15-33(35)34-16-8-10-18-36(34)43;1-3-11-23(12-4-1)31-34-32(24-13-5-2-6-14-24)36-33(35-31)25-19-21-26(22-20-25)37-29-17-9-7-15-27(29)28-16-8-10-18-30(28)37/h1-30H;1-26H;1-22H. The highest BCUT2D eigenvalue weighted by molar-refractivity contribution is 6.12. The summed E-state index contributed by atoms with van der Waals surface area (Å²) in [5.74, 6) is 5.83. The predicted octanol–water partition coefficient (Wildman–Crippen LogP) is 28.9. The van der Waals surface area contributed by atoms with Gasteiger partial charge in [0, 0.05) is 99.5 Å². The first kappa shape index (κ1) is 77.4. The van der Waals surface area contributed by atoms with Crippen LogP contribution >= 0.6 is 0 Å². The van der Waals surface area contributed by atoms with E-state index >= 15 is 0 Å². The maximum atomic E-state index is 5.07. The van der Waals surface area contributed by atoms with E-state index in [1.807, 2.05) is 133 Å². The van der Waals surface area contributed by atoms with E-state index in [2.05, 4.69) is 353 Å². The Labute approximate surface area is 745 Å². The molecule has 0 saturated carbocycles. The summed E-state index contributed by atoms with van der Waals surface area (Å²) in [5, 5.41) is 7.42. The van der Waals surface area contributed by atoms with Crippen LogP contribution < -0.4 is 0 Å². The van der Waals surface area contributed by atoms with Crippen LogP contribution in [0.2, 0.25) is 0 Å². The fourth-order valence-electron chi connectivity index (χ4n) is 17.3. The minimum atomic E-state index is 0.628. The van der Waals surface area contributed by atoms with Crippen LogP contribution in [0.4, 0.5) is 0 Å². The van der Waals surface area contributed by atoms with Crippen molar-refractivity contribution in [1.29, 1.82) is 0 Å². The Morgan fingerprint density at radius 3 is 0.581 bits per heavy atom. The van der Waals surface area contributed by atoms with Crippen LogP contribution in [0.3, 0.4) is 0 Å². The Morgan fingerprint density at radius 2 is 0.295 bits per heavy atom. The molecule has 0 bridgehead atoms. The van der Waals surface area contributed by atoms with Crippen molar-refractivity contribution in [1.82, 2.24) is 58.6 Å². The number of hydrogen-bond donors (Lipinski definition) is 0. The van der Waals surface area contributed by atoms with Crippen LogP contribution in [0, 0.1) is 0 Å². The average molecular weight is 1650 g/mol. The van der Waals surface area contributed by atoms with Gasteiger partial charge in [-0.1, -0.05) is 376 Å². The molecule has 606 valence electrons. The topological polar surface area (TPSA) is 131 Å². The molecule has 0 unspecified atom stereocenters. The Kier molecular flexibility index (Phi) is 20.8. The number of aromatic nitrogens is 12. The third kappa shape index (κ3) is 15.6. The first-order valence-electron chi connectivity index (χ1n) is 43.1. The van der Waals surface area contributed by atoms with Gasteiger partial charge in [-0.2, -0.15) is 0 Å². The van der Waals surface area contributed by atoms with E-state index in [0.29, 0.717) is 52.4 Å². The summed E-state index contributed by atoms with van der Waals surface area (Å²) in [6, 6.07) is 164. The smallest absolute Gasteiger partial charge is 0.164 e. The Balaban J connectivity index is 0.000000115. The zero-order valence-corrected chi connectivity index (χ0v) is 69.9. The molecule has 24 rings (SSSR count). The second-order valence-corrected chi connectivity index (χ2v) is 31.6. The summed E-state index contributed by atoms with van der Waals surface area (Å²) < 4.78 is 6.98. The second-order valence-electron chi connectivity index (χ2n) is 31.6. The van der Waals surface area contributed by atoms with Crippen molar-refractivity contribution in [2.24, 2.45) is 0 Å². The maximum absolute atomic E-state index is 5.07. The monoisotopic (exact) mass is 1650 g/mol. The number of nitrogens with zero attached hydrogens (tertiary/aromatic N) is 12. The number of fused-ring (bicyclic) bond motifs is 9. The lowest BCUT2D eigenvalue weighted by Crippen LogP contribution is -2.01. The largest absolute Gasteiger partial charge is 0.309 e. The van der Waals surface area contributed by atoms with Gasteiger partial charge in [0.1, 0.15) is 0 Å². The number of para-hydroxylation sites is 5. The SMILES string of the molecule is c1ccc(-c2ccc(-c3nc(-c4ccccc4)nc(-c4ccc(-n5c6ccccc6c6ccccc65)cc4)n3)cc2)cc1.c1ccc(-c2ccc(-c3nc(-c4ccccc4)nc(-c4cccc(-n5c6ccccc6c6ccc(-c7ccccc7)cc65)c4)n3)cc2)cc1.c1ccc(-c2nc(-c3ccccc3)nc(-c3ccc(-n4c5ccccc5c5ccccc54)cc3)n2)cc1. The van der Waals surface area contributed by atoms with Crippen LogP contribution in [0.1, 0.15) is 0 Å². The molecule has 12 nitrogen and oxygen atoms in total. The highest BCUT2D eigenvalue weighted by Crippen LogP contribution is 2.40. The number of hydrogen-bond acceptors (Lipinski definition) is 9. The molecule has 0 aliphatic rings. The lowest BCUT2D eigenvalue weighted by molar-refractivity contribution is 1.07. The quantitative estimate of drug-likeness (QED) is 0.0984. The van der Waals surface area contributed by atoms with Crippen LogP contribution in [-0.4, -0.2) is 58.6 Å². The van der Waals surface area contributed by atoms with Crippen molar-refractivity contribution in [3.05, 3.63) is 473 Å². The van der Waals surface area contributed by atoms with Gasteiger partial charge in [-0.15, -0.1) is 0 Å². The van der Waals surface area contributed by atoms with Crippen LogP contribution in [0.25, 0.3) is 218 Å². The summed E-state index contributed by atoms with van der Waals surface area (Å²) >= 11 is 0. The lowest BCUT2D eigenvalue weighted by Gasteiger charge is -2.12. The van der Waals surface area contributed by atoms with Crippen molar-refractivity contribution in [2.75, 3.05) is 0 Å². The van der Waals surface area contributed by atoms with E-state index in [9.17, 15) is 0 Å². The highest BCUT2D eigenvalue weighted by atomic mass is 15.1. The molecule has 129 heavy (non-hydrogen) atoms. The first-order valence-corrected chi connectivity index (χ1v) is 43.1. The molecule has 6 heterocycles. The van der Waals surface area contributed by atoms with E-state index in [4.69, 9.17) is 44.9 Å². The summed E-state index contributed by atoms with van der Waals surface area (Å²) in [6.45, 7) is 0.